The number of methoxy groups -OCH3 is 1. The van der Waals surface area contributed by atoms with E-state index in [9.17, 15) is 4.79 Å². The standard InChI is InChI=1S/C31H32N4O4S/c1-4-17-40-31-33-30-32-21(2)27(29(36)39-20-23-13-9-6-10-14-23)28(35(30)34-31)24-15-16-25(26(18-24)37-3)38-19-22-11-7-5-8-12-22/h5-16,18,28H,4,17,19-20H2,1-3H3,(H,32,33,34). The first-order chi connectivity index (χ1) is 19.6. The molecule has 1 aromatic heterocycles. The van der Waals surface area contributed by atoms with Gasteiger partial charge in [0.1, 0.15) is 19.3 Å². The Labute approximate surface area is 238 Å². The van der Waals surface area contributed by atoms with Gasteiger partial charge in [-0.05, 0) is 42.2 Å². The molecule has 1 aliphatic heterocycles. The van der Waals surface area contributed by atoms with Gasteiger partial charge in [-0.15, -0.1) is 5.10 Å². The maximum absolute atomic E-state index is 13.6. The van der Waals surface area contributed by atoms with Gasteiger partial charge in [0.25, 0.3) is 0 Å². The van der Waals surface area contributed by atoms with E-state index in [-0.39, 0.29) is 6.61 Å². The molecular weight excluding hydrogens is 524 g/mol. The van der Waals surface area contributed by atoms with E-state index in [1.54, 1.807) is 23.6 Å². The fraction of sp³-hybridized carbons (Fsp3) is 0.258. The summed E-state index contributed by atoms with van der Waals surface area (Å²) in [5.74, 6) is 2.21. The highest BCUT2D eigenvalue weighted by Crippen LogP contribution is 2.40. The molecule has 9 heteroatoms. The molecule has 8 nitrogen and oxygen atoms in total. The van der Waals surface area contributed by atoms with Crippen molar-refractivity contribution < 1.29 is 19.0 Å². The molecule has 1 unspecified atom stereocenters. The average molecular weight is 557 g/mol. The topological polar surface area (TPSA) is 87.5 Å². The van der Waals surface area contributed by atoms with Crippen molar-refractivity contribution in [2.45, 2.75) is 44.7 Å². The number of hydrogen-bond acceptors (Lipinski definition) is 8. The van der Waals surface area contributed by atoms with Gasteiger partial charge in [0.15, 0.2) is 11.5 Å². The summed E-state index contributed by atoms with van der Waals surface area (Å²) in [5.41, 5.74) is 3.89. The van der Waals surface area contributed by atoms with Crippen LogP contribution >= 0.6 is 11.8 Å². The Balaban J connectivity index is 1.48. The minimum Gasteiger partial charge on any atom is -0.493 e. The Hall–Kier alpha value is -4.24. The van der Waals surface area contributed by atoms with Crippen molar-refractivity contribution in [3.05, 3.63) is 107 Å². The number of carbonyl (C=O) groups is 1. The molecule has 0 aliphatic carbocycles. The normalized spacial score (nSPS) is 14.3. The zero-order chi connectivity index (χ0) is 27.9. The molecule has 4 aromatic rings. The first-order valence-corrected chi connectivity index (χ1v) is 14.2. The van der Waals surface area contributed by atoms with Crippen LogP contribution in [0.25, 0.3) is 0 Å². The minimum atomic E-state index is -0.569. The van der Waals surface area contributed by atoms with Gasteiger partial charge < -0.3 is 19.5 Å². The number of benzene rings is 3. The van der Waals surface area contributed by atoms with Crippen molar-refractivity contribution >= 4 is 23.7 Å². The van der Waals surface area contributed by atoms with Crippen LogP contribution in [0.5, 0.6) is 11.5 Å². The van der Waals surface area contributed by atoms with E-state index in [2.05, 4.69) is 17.2 Å². The number of allylic oxidation sites excluding steroid dienone is 1. The second kappa shape index (κ2) is 12.7. The lowest BCUT2D eigenvalue weighted by Crippen LogP contribution is -2.29. The van der Waals surface area contributed by atoms with E-state index in [0.717, 1.165) is 28.9 Å². The third kappa shape index (κ3) is 6.15. The number of anilines is 1. The monoisotopic (exact) mass is 556 g/mol. The molecule has 206 valence electrons. The number of aromatic nitrogens is 3. The maximum atomic E-state index is 13.6. The molecule has 2 heterocycles. The molecule has 0 fully saturated rings. The molecule has 0 radical (unpaired) electrons. The smallest absolute Gasteiger partial charge is 0.338 e. The van der Waals surface area contributed by atoms with E-state index in [1.807, 2.05) is 85.8 Å². The fourth-order valence-electron chi connectivity index (χ4n) is 4.47. The van der Waals surface area contributed by atoms with Crippen LogP contribution in [0.3, 0.4) is 0 Å². The van der Waals surface area contributed by atoms with E-state index in [4.69, 9.17) is 19.3 Å². The van der Waals surface area contributed by atoms with Crippen molar-refractivity contribution in [3.63, 3.8) is 0 Å². The average Bonchev–Trinajstić information content (AvgIpc) is 3.40. The summed E-state index contributed by atoms with van der Waals surface area (Å²) in [7, 11) is 1.60. The quantitative estimate of drug-likeness (QED) is 0.168. The predicted molar refractivity (Wildman–Crippen MR) is 156 cm³/mol. The number of rotatable bonds is 11. The van der Waals surface area contributed by atoms with Crippen LogP contribution in [0.1, 0.15) is 43.0 Å². The van der Waals surface area contributed by atoms with Crippen LogP contribution in [0.2, 0.25) is 0 Å². The number of ether oxygens (including phenoxy) is 3. The molecule has 3 aromatic carbocycles. The number of esters is 1. The first-order valence-electron chi connectivity index (χ1n) is 13.2. The summed E-state index contributed by atoms with van der Waals surface area (Å²) >= 11 is 1.58. The van der Waals surface area contributed by atoms with Crippen LogP contribution in [-0.4, -0.2) is 33.6 Å². The number of fused-ring (bicyclic) bond motifs is 1. The van der Waals surface area contributed by atoms with Crippen LogP contribution in [-0.2, 0) is 22.7 Å². The predicted octanol–water partition coefficient (Wildman–Crippen LogP) is 6.40. The van der Waals surface area contributed by atoms with Gasteiger partial charge in [-0.3, -0.25) is 0 Å². The van der Waals surface area contributed by atoms with Gasteiger partial charge >= 0.3 is 5.97 Å². The lowest BCUT2D eigenvalue weighted by molar-refractivity contribution is -0.140. The van der Waals surface area contributed by atoms with Gasteiger partial charge in [-0.2, -0.15) is 4.98 Å². The zero-order valence-electron chi connectivity index (χ0n) is 22.8. The van der Waals surface area contributed by atoms with Gasteiger partial charge in [0.2, 0.25) is 11.1 Å². The molecule has 5 rings (SSSR count). The Kier molecular flexibility index (Phi) is 8.71. The molecule has 1 N–H and O–H groups in total. The Morgan fingerprint density at radius 1 is 0.975 bits per heavy atom. The summed E-state index contributed by atoms with van der Waals surface area (Å²) < 4.78 is 19.3. The van der Waals surface area contributed by atoms with Gasteiger partial charge in [0, 0.05) is 11.4 Å². The summed E-state index contributed by atoms with van der Waals surface area (Å²) in [5, 5.41) is 8.69. The second-order valence-electron chi connectivity index (χ2n) is 9.32. The summed E-state index contributed by atoms with van der Waals surface area (Å²) in [6.45, 7) is 4.55. The van der Waals surface area contributed by atoms with Gasteiger partial charge in [-0.1, -0.05) is 85.4 Å². The van der Waals surface area contributed by atoms with Crippen molar-refractivity contribution in [2.75, 3.05) is 18.2 Å². The number of hydrogen-bond donors (Lipinski definition) is 1. The molecule has 1 aliphatic rings. The molecular formula is C31H32N4O4S. The number of nitrogens with one attached hydrogen (secondary N) is 1. The SMILES string of the molecule is CCCSc1nc2n(n1)C(c1ccc(OCc3ccccc3)c(OC)c1)C(C(=O)OCc1ccccc1)=C(C)N2. The van der Waals surface area contributed by atoms with Crippen molar-refractivity contribution in [2.24, 2.45) is 0 Å². The van der Waals surface area contributed by atoms with E-state index < -0.39 is 12.0 Å². The Bertz CT molecular complexity index is 1490. The highest BCUT2D eigenvalue weighted by atomic mass is 32.2. The largest absolute Gasteiger partial charge is 0.493 e. The van der Waals surface area contributed by atoms with E-state index in [0.29, 0.717) is 40.5 Å². The van der Waals surface area contributed by atoms with Gasteiger partial charge in [0.05, 0.1) is 12.7 Å². The number of nitrogens with zero attached hydrogens (tertiary/aromatic N) is 3. The minimum absolute atomic E-state index is 0.167. The maximum Gasteiger partial charge on any atom is 0.338 e. The molecule has 0 amide bonds. The Morgan fingerprint density at radius 2 is 1.68 bits per heavy atom. The molecule has 40 heavy (non-hydrogen) atoms. The van der Waals surface area contributed by atoms with Crippen LogP contribution in [0.15, 0.2) is 95.3 Å². The van der Waals surface area contributed by atoms with Crippen LogP contribution < -0.4 is 14.8 Å². The highest BCUT2D eigenvalue weighted by Gasteiger charge is 2.36. The molecule has 0 bridgehead atoms. The fourth-order valence-corrected chi connectivity index (χ4v) is 5.15. The molecule has 1 atom stereocenters. The lowest BCUT2D eigenvalue weighted by Gasteiger charge is -2.28. The third-order valence-electron chi connectivity index (χ3n) is 6.44. The van der Waals surface area contributed by atoms with Crippen LogP contribution in [0, 0.1) is 0 Å². The first kappa shape index (κ1) is 27.3. The second-order valence-corrected chi connectivity index (χ2v) is 10.4. The van der Waals surface area contributed by atoms with Gasteiger partial charge in [-0.25, -0.2) is 9.48 Å². The van der Waals surface area contributed by atoms with Crippen LogP contribution in [0.4, 0.5) is 5.95 Å². The van der Waals surface area contributed by atoms with Crippen molar-refractivity contribution in [3.8, 4) is 11.5 Å². The highest BCUT2D eigenvalue weighted by molar-refractivity contribution is 7.99. The number of carbonyl (C=O) groups excluding carboxylic acids is 1. The summed E-state index contributed by atoms with van der Waals surface area (Å²) in [4.78, 5) is 18.3. The number of thioether (sulfide) groups is 1. The third-order valence-corrected chi connectivity index (χ3v) is 7.49. The summed E-state index contributed by atoms with van der Waals surface area (Å²) in [6.07, 6.45) is 1.00. The zero-order valence-corrected chi connectivity index (χ0v) is 23.6. The molecule has 0 saturated heterocycles. The molecule has 0 spiro atoms. The van der Waals surface area contributed by atoms with E-state index >= 15 is 0 Å². The summed E-state index contributed by atoms with van der Waals surface area (Å²) in [6, 6.07) is 24.7. The Morgan fingerprint density at radius 3 is 2.35 bits per heavy atom. The lowest BCUT2D eigenvalue weighted by atomic mass is 9.95. The van der Waals surface area contributed by atoms with Crippen molar-refractivity contribution in [1.82, 2.24) is 14.8 Å². The van der Waals surface area contributed by atoms with Crippen molar-refractivity contribution in [1.29, 1.82) is 0 Å². The van der Waals surface area contributed by atoms with E-state index in [1.165, 1.54) is 0 Å². The molecule has 0 saturated carbocycles.